The van der Waals surface area contributed by atoms with Crippen LogP contribution in [0.2, 0.25) is 0 Å². The van der Waals surface area contributed by atoms with Crippen molar-refractivity contribution in [3.63, 3.8) is 0 Å². The number of hydrogen-bond acceptors (Lipinski definition) is 4. The number of thiocarbonyl (C=S) groups is 1. The average Bonchev–Trinajstić information content (AvgIpc) is 2.64. The van der Waals surface area contributed by atoms with Crippen molar-refractivity contribution in [1.82, 2.24) is 19.7 Å². The molecule has 7 heteroatoms. The van der Waals surface area contributed by atoms with Gasteiger partial charge in [-0.2, -0.15) is 0 Å². The van der Waals surface area contributed by atoms with Crippen molar-refractivity contribution in [2.75, 3.05) is 7.05 Å². The molecule has 16 heavy (non-hydrogen) atoms. The molecule has 1 aromatic heterocycles. The first-order valence-electron chi connectivity index (χ1n) is 4.86. The Morgan fingerprint density at radius 1 is 1.69 bits per heavy atom. The Bertz CT molecular complexity index is 400. The maximum Gasteiger partial charge on any atom is 0.244 e. The second kappa shape index (κ2) is 5.02. The standard InChI is InChI=1S/C9H15N5OS/c1-6(2)13(3)7(15)4-14-5-11-9(12-14)8(10)16/h5-6H,4H2,1-3H3,(H2,10,16). The number of nitrogens with zero attached hydrogens (tertiary/aromatic N) is 4. The first-order chi connectivity index (χ1) is 7.41. The summed E-state index contributed by atoms with van der Waals surface area (Å²) < 4.78 is 1.43. The predicted octanol–water partition coefficient (Wildman–Crippen LogP) is -0.221. The van der Waals surface area contributed by atoms with Gasteiger partial charge in [-0.05, 0) is 13.8 Å². The molecule has 0 bridgehead atoms. The summed E-state index contributed by atoms with van der Waals surface area (Å²) in [5.74, 6) is 0.254. The number of likely N-dealkylation sites (N-methyl/N-ethyl adjacent to an activating group) is 1. The smallest absolute Gasteiger partial charge is 0.244 e. The lowest BCUT2D eigenvalue weighted by Crippen LogP contribution is -2.35. The minimum Gasteiger partial charge on any atom is -0.387 e. The van der Waals surface area contributed by atoms with Crippen LogP contribution in [-0.4, -0.2) is 43.6 Å². The highest BCUT2D eigenvalue weighted by molar-refractivity contribution is 7.80. The molecule has 1 heterocycles. The zero-order valence-corrected chi connectivity index (χ0v) is 10.4. The van der Waals surface area contributed by atoms with Gasteiger partial charge in [-0.25, -0.2) is 9.67 Å². The van der Waals surface area contributed by atoms with Gasteiger partial charge in [0.2, 0.25) is 11.7 Å². The van der Waals surface area contributed by atoms with Crippen LogP contribution in [0.5, 0.6) is 0 Å². The molecule has 1 aromatic rings. The summed E-state index contributed by atoms with van der Waals surface area (Å²) in [7, 11) is 1.75. The summed E-state index contributed by atoms with van der Waals surface area (Å²) in [6.45, 7) is 4.03. The van der Waals surface area contributed by atoms with Crippen molar-refractivity contribution in [2.24, 2.45) is 5.73 Å². The summed E-state index contributed by atoms with van der Waals surface area (Å²) in [5, 5.41) is 3.98. The lowest BCUT2D eigenvalue weighted by atomic mass is 10.3. The fourth-order valence-corrected chi connectivity index (χ4v) is 1.12. The summed E-state index contributed by atoms with van der Waals surface area (Å²) >= 11 is 4.73. The number of carbonyl (C=O) groups excluding carboxylic acids is 1. The third-order valence-corrected chi connectivity index (χ3v) is 2.40. The van der Waals surface area contributed by atoms with Crippen molar-refractivity contribution < 1.29 is 4.79 Å². The van der Waals surface area contributed by atoms with Crippen LogP contribution in [0.25, 0.3) is 0 Å². The molecule has 2 N–H and O–H groups in total. The molecule has 0 radical (unpaired) electrons. The van der Waals surface area contributed by atoms with Gasteiger partial charge in [-0.1, -0.05) is 12.2 Å². The van der Waals surface area contributed by atoms with Gasteiger partial charge >= 0.3 is 0 Å². The van der Waals surface area contributed by atoms with Crippen LogP contribution in [-0.2, 0) is 11.3 Å². The van der Waals surface area contributed by atoms with Crippen molar-refractivity contribution in [2.45, 2.75) is 26.4 Å². The van der Waals surface area contributed by atoms with Crippen LogP contribution >= 0.6 is 12.2 Å². The highest BCUT2D eigenvalue weighted by Crippen LogP contribution is 1.97. The van der Waals surface area contributed by atoms with Crippen LogP contribution in [0, 0.1) is 0 Å². The second-order valence-corrected chi connectivity index (χ2v) is 4.17. The van der Waals surface area contributed by atoms with E-state index in [1.54, 1.807) is 11.9 Å². The number of aromatic nitrogens is 3. The Hall–Kier alpha value is -1.50. The fourth-order valence-electron chi connectivity index (χ4n) is 1.02. The zero-order chi connectivity index (χ0) is 12.3. The lowest BCUT2D eigenvalue weighted by molar-refractivity contribution is -0.132. The summed E-state index contributed by atoms with van der Waals surface area (Å²) in [6.07, 6.45) is 1.44. The van der Waals surface area contributed by atoms with E-state index in [2.05, 4.69) is 10.1 Å². The van der Waals surface area contributed by atoms with Crippen LogP contribution in [0.1, 0.15) is 19.7 Å². The van der Waals surface area contributed by atoms with Crippen LogP contribution in [0.4, 0.5) is 0 Å². The fraction of sp³-hybridized carbons (Fsp3) is 0.556. The average molecular weight is 241 g/mol. The third kappa shape index (κ3) is 2.99. The number of carbonyl (C=O) groups is 1. The van der Waals surface area contributed by atoms with Gasteiger partial charge in [-0.15, -0.1) is 5.10 Å². The van der Waals surface area contributed by atoms with E-state index in [4.69, 9.17) is 18.0 Å². The van der Waals surface area contributed by atoms with E-state index < -0.39 is 0 Å². The third-order valence-electron chi connectivity index (χ3n) is 2.22. The second-order valence-electron chi connectivity index (χ2n) is 3.73. The van der Waals surface area contributed by atoms with E-state index in [0.717, 1.165) is 0 Å². The Morgan fingerprint density at radius 2 is 2.31 bits per heavy atom. The predicted molar refractivity (Wildman–Crippen MR) is 63.8 cm³/mol. The zero-order valence-electron chi connectivity index (χ0n) is 9.54. The molecule has 1 amide bonds. The highest BCUT2D eigenvalue weighted by Gasteiger charge is 2.13. The summed E-state index contributed by atoms with van der Waals surface area (Å²) in [6, 6.07) is 0.158. The highest BCUT2D eigenvalue weighted by atomic mass is 32.1. The van der Waals surface area contributed by atoms with Crippen molar-refractivity contribution >= 4 is 23.1 Å². The molecule has 0 aliphatic heterocycles. The molecule has 0 aliphatic carbocycles. The summed E-state index contributed by atoms with van der Waals surface area (Å²) in [5.41, 5.74) is 5.36. The number of rotatable bonds is 4. The van der Waals surface area contributed by atoms with Gasteiger partial charge in [0.15, 0.2) is 0 Å². The topological polar surface area (TPSA) is 77.0 Å². The molecule has 0 saturated heterocycles. The maximum absolute atomic E-state index is 11.7. The molecule has 1 rings (SSSR count). The van der Waals surface area contributed by atoms with Gasteiger partial charge in [-0.3, -0.25) is 4.79 Å². The normalized spacial score (nSPS) is 10.5. The molecule has 0 spiro atoms. The van der Waals surface area contributed by atoms with Crippen LogP contribution < -0.4 is 5.73 Å². The van der Waals surface area contributed by atoms with E-state index in [0.29, 0.717) is 0 Å². The van der Waals surface area contributed by atoms with E-state index in [9.17, 15) is 4.79 Å². The number of nitrogens with two attached hydrogens (primary N) is 1. The molecule has 0 unspecified atom stereocenters. The molecule has 0 atom stereocenters. The monoisotopic (exact) mass is 241 g/mol. The molecule has 0 aliphatic rings. The SMILES string of the molecule is CC(C)N(C)C(=O)Cn1cnc(C(N)=S)n1. The number of hydrogen-bond donors (Lipinski definition) is 1. The molecular weight excluding hydrogens is 226 g/mol. The van der Waals surface area contributed by atoms with Gasteiger partial charge < -0.3 is 10.6 Å². The van der Waals surface area contributed by atoms with Gasteiger partial charge in [0, 0.05) is 13.1 Å². The van der Waals surface area contributed by atoms with E-state index in [1.807, 2.05) is 13.8 Å². The lowest BCUT2D eigenvalue weighted by Gasteiger charge is -2.21. The first kappa shape index (κ1) is 12.6. The maximum atomic E-state index is 11.7. The minimum atomic E-state index is -0.0330. The van der Waals surface area contributed by atoms with Crippen molar-refractivity contribution in [3.05, 3.63) is 12.2 Å². The minimum absolute atomic E-state index is 0.0330. The number of amides is 1. The Kier molecular flexibility index (Phi) is 3.94. The van der Waals surface area contributed by atoms with Crippen LogP contribution in [0.3, 0.4) is 0 Å². The first-order valence-corrected chi connectivity index (χ1v) is 5.27. The summed E-state index contributed by atoms with van der Waals surface area (Å²) in [4.78, 5) is 17.4. The van der Waals surface area contributed by atoms with Crippen molar-refractivity contribution in [1.29, 1.82) is 0 Å². The van der Waals surface area contributed by atoms with Gasteiger partial charge in [0.05, 0.1) is 0 Å². The molecular formula is C9H15N5OS. The largest absolute Gasteiger partial charge is 0.387 e. The quantitative estimate of drug-likeness (QED) is 0.737. The molecule has 0 fully saturated rings. The molecule has 88 valence electrons. The Morgan fingerprint density at radius 3 is 2.75 bits per heavy atom. The van der Waals surface area contributed by atoms with E-state index in [1.165, 1.54) is 11.0 Å². The molecule has 0 saturated carbocycles. The Balaban J connectivity index is 2.66. The Labute approximate surface area is 99.4 Å². The molecule has 0 aromatic carbocycles. The van der Waals surface area contributed by atoms with E-state index >= 15 is 0 Å². The van der Waals surface area contributed by atoms with E-state index in [-0.39, 0.29) is 29.3 Å². The molecule has 6 nitrogen and oxygen atoms in total. The van der Waals surface area contributed by atoms with Gasteiger partial charge in [0.25, 0.3) is 0 Å². The van der Waals surface area contributed by atoms with Crippen LogP contribution in [0.15, 0.2) is 6.33 Å². The van der Waals surface area contributed by atoms with Gasteiger partial charge in [0.1, 0.15) is 17.9 Å². The van der Waals surface area contributed by atoms with Crippen molar-refractivity contribution in [3.8, 4) is 0 Å².